The molecule has 4 aromatic carbocycles. The van der Waals surface area contributed by atoms with Gasteiger partial charge in [-0.25, -0.2) is 0 Å². The minimum absolute atomic E-state index is 0.0340. The molecule has 1 spiro atoms. The van der Waals surface area contributed by atoms with Crippen LogP contribution in [0, 0.1) is 5.92 Å². The molecule has 3 aliphatic heterocycles. The predicted molar refractivity (Wildman–Crippen MR) is 192 cm³/mol. The maximum absolute atomic E-state index is 14.9. The third kappa shape index (κ3) is 5.17. The zero-order valence-corrected chi connectivity index (χ0v) is 29.5. The first-order chi connectivity index (χ1) is 23.1. The van der Waals surface area contributed by atoms with E-state index in [0.29, 0.717) is 24.4 Å². The van der Waals surface area contributed by atoms with Crippen LogP contribution in [0.15, 0.2) is 91.0 Å². The Balaban J connectivity index is 1.23. The predicted octanol–water partition coefficient (Wildman–Crippen LogP) is 7.10. The molecule has 248 valence electrons. The molecule has 0 aromatic heterocycles. The van der Waals surface area contributed by atoms with Gasteiger partial charge in [0.25, 0.3) is 5.91 Å². The number of aryl methyl sites for hydroxylation is 1. The summed E-state index contributed by atoms with van der Waals surface area (Å²) in [6.07, 6.45) is 1.34. The molecule has 2 amide bonds. The minimum Gasteiger partial charge on any atom is -0.497 e. The monoisotopic (exact) mass is 680 g/mol. The lowest BCUT2D eigenvalue weighted by molar-refractivity contribution is -0.146. The number of ether oxygens (including phenoxy) is 2. The van der Waals surface area contributed by atoms with Crippen LogP contribution in [0.5, 0.6) is 5.75 Å². The van der Waals surface area contributed by atoms with Crippen molar-refractivity contribution in [2.75, 3.05) is 23.5 Å². The number of carbonyl (C=O) groups is 2. The minimum atomic E-state index is -2.28. The Hall–Kier alpha value is -3.95. The van der Waals surface area contributed by atoms with Crippen LogP contribution in [0.2, 0.25) is 23.7 Å². The van der Waals surface area contributed by atoms with Gasteiger partial charge in [0.15, 0.2) is 5.60 Å². The van der Waals surface area contributed by atoms with E-state index in [4.69, 9.17) is 21.1 Å². The molecule has 1 N–H and O–H groups in total. The van der Waals surface area contributed by atoms with Gasteiger partial charge in [-0.3, -0.25) is 14.5 Å². The van der Waals surface area contributed by atoms with Crippen molar-refractivity contribution in [1.29, 1.82) is 0 Å². The van der Waals surface area contributed by atoms with Gasteiger partial charge in [-0.2, -0.15) is 0 Å². The first kappa shape index (κ1) is 32.6. The van der Waals surface area contributed by atoms with Gasteiger partial charge in [-0.1, -0.05) is 79.3 Å². The number of aliphatic hydroxyl groups is 1. The van der Waals surface area contributed by atoms with Crippen LogP contribution in [0.3, 0.4) is 0 Å². The molecule has 0 bridgehead atoms. The fourth-order valence-corrected chi connectivity index (χ4v) is 12.7. The van der Waals surface area contributed by atoms with Gasteiger partial charge < -0.3 is 19.5 Å². The van der Waals surface area contributed by atoms with Gasteiger partial charge in [0.05, 0.1) is 39.2 Å². The molecule has 0 saturated carbocycles. The number of para-hydroxylation sites is 1. The quantitative estimate of drug-likeness (QED) is 0.201. The van der Waals surface area contributed by atoms with Crippen molar-refractivity contribution < 1.29 is 24.2 Å². The number of hydrogen-bond acceptors (Lipinski definition) is 5. The van der Waals surface area contributed by atoms with Gasteiger partial charge in [0.1, 0.15) is 5.75 Å². The smallest absolute Gasteiger partial charge is 0.264 e. The maximum atomic E-state index is 14.9. The van der Waals surface area contributed by atoms with Crippen LogP contribution in [-0.4, -0.2) is 44.8 Å². The molecule has 9 heteroatoms. The molecule has 4 atom stereocenters. The average Bonchev–Trinajstić information content (AvgIpc) is 3.51. The highest BCUT2D eigenvalue weighted by Gasteiger charge is 2.66. The standard InChI is InChI=1S/C39H41ClN2O5Si/c1-25-37(48(3,4)31-17-15-30(46-2)16-18-31)35(21-22-43)47-39(25)32-23-28(40)12-19-34(32)41(38(39)45)24-26-9-13-29(14-10-26)42-33-8-6-5-7-27(33)11-20-36(42)44/h5-10,12-19,23,25,35,37,43H,11,20-22,24H2,1-4H3/t25-,35+,37-,39+/m0/s1. The fraction of sp³-hybridized carbons (Fsp3) is 0.333. The number of halogens is 1. The van der Waals surface area contributed by atoms with Crippen LogP contribution >= 0.6 is 11.6 Å². The van der Waals surface area contributed by atoms with Crippen LogP contribution in [0.4, 0.5) is 17.1 Å². The van der Waals surface area contributed by atoms with Crippen molar-refractivity contribution in [2.24, 2.45) is 5.92 Å². The third-order valence-corrected chi connectivity index (χ3v) is 15.4. The van der Waals surface area contributed by atoms with Crippen LogP contribution in [0.1, 0.15) is 36.5 Å². The highest BCUT2D eigenvalue weighted by molar-refractivity contribution is 6.91. The van der Waals surface area contributed by atoms with E-state index < -0.39 is 13.7 Å². The van der Waals surface area contributed by atoms with Gasteiger partial charge in [0.2, 0.25) is 5.91 Å². The number of aliphatic hydroxyl groups excluding tert-OH is 1. The summed E-state index contributed by atoms with van der Waals surface area (Å²) in [6.45, 7) is 7.09. The third-order valence-electron chi connectivity index (χ3n) is 10.8. The molecular formula is C39H41ClN2O5Si. The normalized spacial score (nSPS) is 23.5. The summed E-state index contributed by atoms with van der Waals surface area (Å²) in [5, 5.41) is 12.0. The molecule has 48 heavy (non-hydrogen) atoms. The van der Waals surface area contributed by atoms with E-state index >= 15 is 0 Å². The van der Waals surface area contributed by atoms with Crippen molar-refractivity contribution in [1.82, 2.24) is 0 Å². The number of methoxy groups -OCH3 is 1. The second kappa shape index (κ2) is 12.5. The highest BCUT2D eigenvalue weighted by Crippen LogP contribution is 2.60. The zero-order chi connectivity index (χ0) is 33.8. The van der Waals surface area contributed by atoms with Gasteiger partial charge in [0, 0.05) is 35.2 Å². The van der Waals surface area contributed by atoms with Crippen LogP contribution in [-0.2, 0) is 32.9 Å². The van der Waals surface area contributed by atoms with Gasteiger partial charge in [-0.15, -0.1) is 0 Å². The van der Waals surface area contributed by atoms with Crippen molar-refractivity contribution in [3.8, 4) is 5.75 Å². The van der Waals surface area contributed by atoms with Gasteiger partial charge >= 0.3 is 0 Å². The van der Waals surface area contributed by atoms with Gasteiger partial charge in [-0.05, 0) is 78.0 Å². The summed E-state index contributed by atoms with van der Waals surface area (Å²) in [7, 11) is -0.620. The molecule has 4 aromatic rings. The summed E-state index contributed by atoms with van der Waals surface area (Å²) >= 11 is 6.61. The number of amides is 2. The molecule has 0 radical (unpaired) electrons. The number of nitrogens with zero attached hydrogens (tertiary/aromatic N) is 2. The summed E-state index contributed by atoms with van der Waals surface area (Å²) in [6, 6.07) is 29.8. The molecule has 1 saturated heterocycles. The number of carbonyl (C=O) groups excluding carboxylic acids is 2. The molecular weight excluding hydrogens is 640 g/mol. The van der Waals surface area contributed by atoms with Crippen LogP contribution in [0.25, 0.3) is 0 Å². The van der Waals surface area contributed by atoms with Crippen molar-refractivity contribution in [3.63, 3.8) is 0 Å². The molecule has 1 fully saturated rings. The van der Waals surface area contributed by atoms with E-state index in [-0.39, 0.29) is 36.0 Å². The second-order valence-corrected chi connectivity index (χ2v) is 18.9. The van der Waals surface area contributed by atoms with Crippen molar-refractivity contribution in [3.05, 3.63) is 113 Å². The summed E-state index contributed by atoms with van der Waals surface area (Å²) in [5.74, 6) is 0.583. The van der Waals surface area contributed by atoms with Crippen molar-refractivity contribution >= 4 is 53.7 Å². The summed E-state index contributed by atoms with van der Waals surface area (Å²) in [4.78, 5) is 31.5. The van der Waals surface area contributed by atoms with Crippen molar-refractivity contribution in [2.45, 2.75) is 63.1 Å². The Labute approximate surface area is 288 Å². The lowest BCUT2D eigenvalue weighted by atomic mass is 9.82. The molecule has 0 unspecified atom stereocenters. The summed E-state index contributed by atoms with van der Waals surface area (Å²) < 4.78 is 12.4. The number of rotatable bonds is 8. The number of anilines is 3. The lowest BCUT2D eigenvalue weighted by Crippen LogP contribution is -2.51. The molecule has 7 rings (SSSR count). The Morgan fingerprint density at radius 2 is 1.69 bits per heavy atom. The second-order valence-electron chi connectivity index (χ2n) is 13.7. The summed E-state index contributed by atoms with van der Waals surface area (Å²) in [5.41, 5.74) is 4.20. The number of hydrogen-bond donors (Lipinski definition) is 1. The number of benzene rings is 4. The number of fused-ring (bicyclic) bond motifs is 3. The Kier molecular flexibility index (Phi) is 8.48. The zero-order valence-electron chi connectivity index (χ0n) is 27.8. The van der Waals surface area contributed by atoms with E-state index in [9.17, 15) is 14.7 Å². The Bertz CT molecular complexity index is 1860. The van der Waals surface area contributed by atoms with E-state index in [1.165, 1.54) is 5.19 Å². The Morgan fingerprint density at radius 1 is 0.958 bits per heavy atom. The van der Waals surface area contributed by atoms with E-state index in [0.717, 1.165) is 45.9 Å². The molecule has 0 aliphatic carbocycles. The SMILES string of the molecule is COc1ccc([Si](C)(C)[C@@H]2[C@@H](CCO)O[C@]3(C(=O)N(Cc4ccc(N5C(=O)CCc6ccccc65)cc4)c4ccc(Cl)cc43)[C@H]2C)cc1. The molecule has 7 nitrogen and oxygen atoms in total. The van der Waals surface area contributed by atoms with E-state index in [1.54, 1.807) is 12.0 Å². The van der Waals surface area contributed by atoms with Crippen LogP contribution < -0.4 is 19.7 Å². The van der Waals surface area contributed by atoms with E-state index in [1.807, 2.05) is 77.7 Å². The fourth-order valence-electron chi connectivity index (χ4n) is 8.48. The highest BCUT2D eigenvalue weighted by atomic mass is 35.5. The molecule has 3 heterocycles. The average molecular weight is 681 g/mol. The maximum Gasteiger partial charge on any atom is 0.264 e. The topological polar surface area (TPSA) is 79.3 Å². The van der Waals surface area contributed by atoms with E-state index in [2.05, 4.69) is 38.2 Å². The Morgan fingerprint density at radius 3 is 2.40 bits per heavy atom. The first-order valence-electron chi connectivity index (χ1n) is 16.6. The lowest BCUT2D eigenvalue weighted by Gasteiger charge is -2.37. The largest absolute Gasteiger partial charge is 0.497 e. The molecule has 3 aliphatic rings. The first-order valence-corrected chi connectivity index (χ1v) is 20.1.